The van der Waals surface area contributed by atoms with E-state index in [2.05, 4.69) is 35.3 Å². The second kappa shape index (κ2) is 8.67. The Hall–Kier alpha value is -1.96. The third-order valence-electron chi connectivity index (χ3n) is 7.58. The first kappa shape index (κ1) is 22.8. The molecule has 0 spiro atoms. The van der Waals surface area contributed by atoms with E-state index < -0.39 is 18.2 Å². The summed E-state index contributed by atoms with van der Waals surface area (Å²) in [5, 5.41) is 26.7. The van der Waals surface area contributed by atoms with E-state index in [-0.39, 0.29) is 23.9 Å². The molecule has 0 bridgehead atoms. The number of halogens is 1. The molecule has 3 aliphatic rings. The summed E-state index contributed by atoms with van der Waals surface area (Å²) >= 11 is 6.70. The molecular formula is C26H32ClN3O3. The number of fused-ring (bicyclic) bond motifs is 3. The van der Waals surface area contributed by atoms with Crippen molar-refractivity contribution in [1.29, 1.82) is 0 Å². The maximum atomic E-state index is 13.5. The Kier molecular flexibility index (Phi) is 6.00. The van der Waals surface area contributed by atoms with Crippen molar-refractivity contribution in [2.24, 2.45) is 5.92 Å². The Morgan fingerprint density at radius 3 is 2.45 bits per heavy atom. The number of benzene rings is 2. The number of hydrogen-bond acceptors (Lipinski definition) is 5. The van der Waals surface area contributed by atoms with Gasteiger partial charge >= 0.3 is 0 Å². The lowest BCUT2D eigenvalue weighted by Crippen LogP contribution is -2.74. The molecule has 5 unspecified atom stereocenters. The molecular weight excluding hydrogens is 438 g/mol. The number of piperidine rings is 1. The van der Waals surface area contributed by atoms with Crippen molar-refractivity contribution < 1.29 is 15.0 Å². The molecule has 1 aliphatic carbocycles. The summed E-state index contributed by atoms with van der Waals surface area (Å²) in [5.41, 5.74) is 4.74. The Labute approximate surface area is 200 Å². The number of aliphatic hydroxyl groups is 2. The minimum Gasteiger partial charge on any atom is -0.390 e. The number of hydrogen-bond donors (Lipinski definition) is 2. The summed E-state index contributed by atoms with van der Waals surface area (Å²) in [6.45, 7) is 6.81. The van der Waals surface area contributed by atoms with Crippen LogP contribution in [0.3, 0.4) is 0 Å². The molecule has 2 heterocycles. The van der Waals surface area contributed by atoms with Crippen LogP contribution >= 0.6 is 11.6 Å². The van der Waals surface area contributed by atoms with E-state index >= 15 is 0 Å². The fraction of sp³-hybridized carbons (Fsp3) is 0.500. The van der Waals surface area contributed by atoms with Gasteiger partial charge in [0.2, 0.25) is 5.91 Å². The zero-order valence-corrected chi connectivity index (χ0v) is 20.1. The van der Waals surface area contributed by atoms with Gasteiger partial charge in [0, 0.05) is 17.6 Å². The van der Waals surface area contributed by atoms with Gasteiger partial charge in [-0.15, -0.1) is 0 Å². The lowest BCUT2D eigenvalue weighted by Gasteiger charge is -2.56. The van der Waals surface area contributed by atoms with Crippen LogP contribution in [0.5, 0.6) is 0 Å². The Morgan fingerprint density at radius 1 is 0.970 bits per heavy atom. The van der Waals surface area contributed by atoms with Crippen molar-refractivity contribution in [1.82, 2.24) is 14.9 Å². The first-order valence-electron chi connectivity index (χ1n) is 11.8. The molecule has 5 rings (SSSR count). The Balaban J connectivity index is 1.70. The minimum atomic E-state index is -1.15. The molecule has 0 saturated carbocycles. The fourth-order valence-electron chi connectivity index (χ4n) is 5.75. The van der Waals surface area contributed by atoms with Gasteiger partial charge in [-0.05, 0) is 60.9 Å². The molecule has 2 aliphatic heterocycles. The normalized spacial score (nSPS) is 30.6. The smallest absolute Gasteiger partial charge is 0.245 e. The van der Waals surface area contributed by atoms with Crippen molar-refractivity contribution in [2.45, 2.75) is 63.9 Å². The van der Waals surface area contributed by atoms with Gasteiger partial charge in [-0.25, -0.2) is 10.0 Å². The van der Waals surface area contributed by atoms with Crippen LogP contribution < -0.4 is 0 Å². The minimum absolute atomic E-state index is 0.0364. The highest BCUT2D eigenvalue weighted by atomic mass is 35.5. The van der Waals surface area contributed by atoms with Crippen molar-refractivity contribution in [3.63, 3.8) is 0 Å². The number of aliphatic hydroxyl groups excluding tert-OH is 2. The maximum absolute atomic E-state index is 13.5. The highest BCUT2D eigenvalue weighted by Gasteiger charge is 2.53. The van der Waals surface area contributed by atoms with E-state index in [9.17, 15) is 15.0 Å². The molecule has 2 aromatic rings. The molecule has 2 saturated heterocycles. The molecule has 1 amide bonds. The van der Waals surface area contributed by atoms with E-state index in [1.807, 2.05) is 42.8 Å². The van der Waals surface area contributed by atoms with Crippen LogP contribution in [0.1, 0.15) is 49.1 Å². The van der Waals surface area contributed by atoms with E-state index in [1.165, 1.54) is 11.1 Å². The average molecular weight is 470 g/mol. The van der Waals surface area contributed by atoms with Gasteiger partial charge in [-0.1, -0.05) is 54.9 Å². The number of hydrazine groups is 1. The number of aryl methyl sites for hydroxylation is 1. The van der Waals surface area contributed by atoms with Crippen molar-refractivity contribution in [3.8, 4) is 0 Å². The van der Waals surface area contributed by atoms with Crippen LogP contribution in [0.4, 0.5) is 0 Å². The van der Waals surface area contributed by atoms with Crippen LogP contribution in [-0.4, -0.2) is 68.5 Å². The van der Waals surface area contributed by atoms with Crippen molar-refractivity contribution in [2.75, 3.05) is 13.2 Å². The summed E-state index contributed by atoms with van der Waals surface area (Å²) in [5.74, 6) is -0.301. The molecule has 0 radical (unpaired) electrons. The molecule has 176 valence electrons. The summed E-state index contributed by atoms with van der Waals surface area (Å²) in [4.78, 5) is 15.3. The standard InChI is InChI=1S/C26H32ClN3O3/c1-15(2)28-14-30(29-13-16(3)24(31)25(32)23(29)26(28)33)22-18-8-5-4-7-17(18)11-12-19-20(22)9-6-10-21(19)27/h4-10,15-16,22-25,31-32H,11-14H2,1-3H3. The molecule has 7 heteroatoms. The highest BCUT2D eigenvalue weighted by Crippen LogP contribution is 2.43. The summed E-state index contributed by atoms with van der Waals surface area (Å²) in [7, 11) is 0. The molecule has 2 N–H and O–H groups in total. The van der Waals surface area contributed by atoms with Gasteiger partial charge < -0.3 is 15.1 Å². The molecule has 2 fully saturated rings. The van der Waals surface area contributed by atoms with Crippen LogP contribution in [0.25, 0.3) is 0 Å². The summed E-state index contributed by atoms with van der Waals surface area (Å²) in [6.07, 6.45) is -0.340. The Bertz CT molecular complexity index is 1060. The fourth-order valence-corrected chi connectivity index (χ4v) is 6.03. The van der Waals surface area contributed by atoms with Crippen LogP contribution in [0.2, 0.25) is 5.02 Å². The van der Waals surface area contributed by atoms with Crippen LogP contribution in [0.15, 0.2) is 42.5 Å². The molecule has 6 nitrogen and oxygen atoms in total. The largest absolute Gasteiger partial charge is 0.390 e. The summed E-state index contributed by atoms with van der Waals surface area (Å²) in [6, 6.07) is 13.5. The van der Waals surface area contributed by atoms with Gasteiger partial charge in [0.15, 0.2) is 0 Å². The van der Waals surface area contributed by atoms with E-state index in [1.54, 1.807) is 0 Å². The van der Waals surface area contributed by atoms with Crippen molar-refractivity contribution in [3.05, 3.63) is 69.7 Å². The van der Waals surface area contributed by atoms with E-state index in [4.69, 9.17) is 11.6 Å². The number of rotatable bonds is 2. The monoisotopic (exact) mass is 469 g/mol. The third-order valence-corrected chi connectivity index (χ3v) is 7.94. The number of carbonyl (C=O) groups is 1. The van der Waals surface area contributed by atoms with E-state index in [0.29, 0.717) is 13.2 Å². The zero-order chi connectivity index (χ0) is 23.4. The highest BCUT2D eigenvalue weighted by molar-refractivity contribution is 6.31. The van der Waals surface area contributed by atoms with Crippen molar-refractivity contribution >= 4 is 17.5 Å². The number of carbonyl (C=O) groups excluding carboxylic acids is 1. The first-order valence-corrected chi connectivity index (χ1v) is 12.2. The number of amides is 1. The van der Waals surface area contributed by atoms with Gasteiger partial charge in [-0.2, -0.15) is 0 Å². The summed E-state index contributed by atoms with van der Waals surface area (Å²) < 4.78 is 0. The van der Waals surface area contributed by atoms with E-state index in [0.717, 1.165) is 29.0 Å². The van der Waals surface area contributed by atoms with Gasteiger partial charge in [0.25, 0.3) is 0 Å². The molecule has 2 aromatic carbocycles. The quantitative estimate of drug-likeness (QED) is 0.707. The maximum Gasteiger partial charge on any atom is 0.245 e. The lowest BCUT2D eigenvalue weighted by molar-refractivity contribution is -0.229. The second-order valence-electron chi connectivity index (χ2n) is 9.92. The zero-order valence-electron chi connectivity index (χ0n) is 19.4. The predicted molar refractivity (Wildman–Crippen MR) is 128 cm³/mol. The Morgan fingerprint density at radius 2 is 1.70 bits per heavy atom. The third kappa shape index (κ3) is 3.69. The SMILES string of the molecule is CC1CN2C(C(=O)N(C(C)C)CN2C2c3ccccc3CCc3c(Cl)cccc32)C(O)C1O. The second-order valence-corrected chi connectivity index (χ2v) is 10.3. The topological polar surface area (TPSA) is 67.3 Å². The van der Waals surface area contributed by atoms with Crippen LogP contribution in [0, 0.1) is 5.92 Å². The average Bonchev–Trinajstić information content (AvgIpc) is 2.95. The molecule has 33 heavy (non-hydrogen) atoms. The lowest BCUT2D eigenvalue weighted by atomic mass is 9.87. The molecule has 5 atom stereocenters. The molecule has 0 aromatic heterocycles. The van der Waals surface area contributed by atoms with Gasteiger partial charge in [0.1, 0.15) is 12.1 Å². The number of nitrogens with zero attached hydrogens (tertiary/aromatic N) is 3. The van der Waals surface area contributed by atoms with Gasteiger partial charge in [0.05, 0.1) is 18.8 Å². The van der Waals surface area contributed by atoms with Crippen LogP contribution in [-0.2, 0) is 17.6 Å². The first-order chi connectivity index (χ1) is 15.8. The van der Waals surface area contributed by atoms with Gasteiger partial charge in [-0.3, -0.25) is 4.79 Å². The predicted octanol–water partition coefficient (Wildman–Crippen LogP) is 3.00.